The molecule has 0 aliphatic rings. The Morgan fingerprint density at radius 2 is 2.15 bits per heavy atom. The number of ether oxygens (including phenoxy) is 1. The molecule has 0 amide bonds. The van der Waals surface area contributed by atoms with Crippen LogP contribution >= 0.6 is 0 Å². The summed E-state index contributed by atoms with van der Waals surface area (Å²) in [6.45, 7) is 0.0612. The predicted octanol–water partition coefficient (Wildman–Crippen LogP) is 1.75. The van der Waals surface area contributed by atoms with Gasteiger partial charge in [0.2, 0.25) is 0 Å². The standard InChI is InChI=1S/C13H13N3O4/c1-15(8-13(17)20-2)11-3-4-12(16(18)19)10-7-14-6-5-9(10)11/h3-7H,8H2,1-2H3. The summed E-state index contributed by atoms with van der Waals surface area (Å²) in [7, 11) is 3.03. The van der Waals surface area contributed by atoms with Gasteiger partial charge in [0.15, 0.2) is 0 Å². The highest BCUT2D eigenvalue weighted by Gasteiger charge is 2.17. The minimum Gasteiger partial charge on any atom is -0.468 e. The Bertz CT molecular complexity index is 672. The maximum atomic E-state index is 11.3. The number of hydrogen-bond donors (Lipinski definition) is 0. The number of likely N-dealkylation sites (N-methyl/N-ethyl adjacent to an activating group) is 1. The number of esters is 1. The van der Waals surface area contributed by atoms with Crippen LogP contribution in [-0.2, 0) is 9.53 Å². The zero-order valence-electron chi connectivity index (χ0n) is 11.1. The molecule has 1 aromatic heterocycles. The molecule has 7 nitrogen and oxygen atoms in total. The van der Waals surface area contributed by atoms with Gasteiger partial charge in [-0.15, -0.1) is 0 Å². The number of carbonyl (C=O) groups is 1. The summed E-state index contributed by atoms with van der Waals surface area (Å²) in [6.07, 6.45) is 3.00. The Hall–Kier alpha value is -2.70. The number of methoxy groups -OCH3 is 1. The van der Waals surface area contributed by atoms with E-state index in [0.29, 0.717) is 16.5 Å². The first-order chi connectivity index (χ1) is 9.54. The molecule has 0 fully saturated rings. The number of fused-ring (bicyclic) bond motifs is 1. The lowest BCUT2D eigenvalue weighted by Gasteiger charge is -2.19. The molecule has 1 heterocycles. The van der Waals surface area contributed by atoms with Crippen molar-refractivity contribution in [2.75, 3.05) is 25.6 Å². The lowest BCUT2D eigenvalue weighted by molar-refractivity contribution is -0.383. The van der Waals surface area contributed by atoms with Crippen molar-refractivity contribution in [3.8, 4) is 0 Å². The second-order valence-electron chi connectivity index (χ2n) is 4.21. The number of nitrogens with zero attached hydrogens (tertiary/aromatic N) is 3. The van der Waals surface area contributed by atoms with Crippen molar-refractivity contribution in [1.82, 2.24) is 4.98 Å². The van der Waals surface area contributed by atoms with E-state index in [9.17, 15) is 14.9 Å². The number of carbonyl (C=O) groups excluding carboxylic acids is 1. The molecule has 0 radical (unpaired) electrons. The minimum absolute atomic E-state index is 0.0108. The minimum atomic E-state index is -0.450. The third-order valence-electron chi connectivity index (χ3n) is 2.97. The van der Waals surface area contributed by atoms with Crippen molar-refractivity contribution in [2.24, 2.45) is 0 Å². The van der Waals surface area contributed by atoms with Gasteiger partial charge < -0.3 is 9.64 Å². The van der Waals surface area contributed by atoms with Crippen molar-refractivity contribution in [2.45, 2.75) is 0 Å². The number of hydrogen-bond acceptors (Lipinski definition) is 6. The fourth-order valence-corrected chi connectivity index (χ4v) is 1.99. The average molecular weight is 275 g/mol. The van der Waals surface area contributed by atoms with E-state index in [-0.39, 0.29) is 18.2 Å². The van der Waals surface area contributed by atoms with E-state index in [1.165, 1.54) is 19.4 Å². The van der Waals surface area contributed by atoms with Crippen molar-refractivity contribution in [1.29, 1.82) is 0 Å². The van der Waals surface area contributed by atoms with Gasteiger partial charge in [0, 0.05) is 36.6 Å². The molecule has 0 N–H and O–H groups in total. The van der Waals surface area contributed by atoms with E-state index in [1.807, 2.05) is 0 Å². The fraction of sp³-hybridized carbons (Fsp3) is 0.231. The van der Waals surface area contributed by atoms with Crippen LogP contribution in [0.1, 0.15) is 0 Å². The van der Waals surface area contributed by atoms with Crippen LogP contribution in [0.3, 0.4) is 0 Å². The van der Waals surface area contributed by atoms with Crippen molar-refractivity contribution < 1.29 is 14.5 Å². The molecule has 0 bridgehead atoms. The molecule has 2 aromatic rings. The van der Waals surface area contributed by atoms with Crippen LogP contribution < -0.4 is 4.90 Å². The molecular formula is C13H13N3O4. The number of pyridine rings is 1. The molecule has 0 unspecified atom stereocenters. The molecule has 20 heavy (non-hydrogen) atoms. The van der Waals surface area contributed by atoms with Gasteiger partial charge in [0.25, 0.3) is 5.69 Å². The molecular weight excluding hydrogens is 262 g/mol. The molecule has 0 aliphatic heterocycles. The number of nitro benzene ring substituents is 1. The number of non-ortho nitro benzene ring substituents is 1. The van der Waals surface area contributed by atoms with E-state index in [0.717, 1.165) is 0 Å². The van der Waals surface area contributed by atoms with Crippen LogP contribution in [0.15, 0.2) is 30.6 Å². The lowest BCUT2D eigenvalue weighted by Crippen LogP contribution is -2.26. The Kier molecular flexibility index (Phi) is 3.79. The number of rotatable bonds is 4. The summed E-state index contributed by atoms with van der Waals surface area (Å²) in [6, 6.07) is 4.71. The largest absolute Gasteiger partial charge is 0.468 e. The molecule has 0 saturated heterocycles. The first-order valence-corrected chi connectivity index (χ1v) is 5.83. The third-order valence-corrected chi connectivity index (χ3v) is 2.97. The lowest BCUT2D eigenvalue weighted by atomic mass is 10.1. The number of nitro groups is 1. The van der Waals surface area contributed by atoms with Gasteiger partial charge >= 0.3 is 5.97 Å². The second-order valence-corrected chi connectivity index (χ2v) is 4.21. The topological polar surface area (TPSA) is 85.6 Å². The molecule has 0 spiro atoms. The van der Waals surface area contributed by atoms with E-state index < -0.39 is 4.92 Å². The van der Waals surface area contributed by atoms with Crippen LogP contribution in [0.25, 0.3) is 10.8 Å². The SMILES string of the molecule is COC(=O)CN(C)c1ccc([N+](=O)[O-])c2cnccc12. The Labute approximate surface area is 114 Å². The van der Waals surface area contributed by atoms with Gasteiger partial charge in [0.05, 0.1) is 17.4 Å². The monoisotopic (exact) mass is 275 g/mol. The summed E-state index contributed by atoms with van der Waals surface area (Å²) in [4.78, 5) is 27.5. The van der Waals surface area contributed by atoms with Crippen LogP contribution in [0, 0.1) is 10.1 Å². The highest BCUT2D eigenvalue weighted by molar-refractivity contribution is 6.00. The number of anilines is 1. The van der Waals surface area contributed by atoms with Crippen LogP contribution in [0.5, 0.6) is 0 Å². The summed E-state index contributed by atoms with van der Waals surface area (Å²) >= 11 is 0. The summed E-state index contributed by atoms with van der Waals surface area (Å²) in [5.41, 5.74) is 0.696. The van der Waals surface area contributed by atoms with E-state index >= 15 is 0 Å². The van der Waals surface area contributed by atoms with Crippen LogP contribution in [-0.4, -0.2) is 36.6 Å². The average Bonchev–Trinajstić information content (AvgIpc) is 2.45. The molecule has 1 aromatic carbocycles. The molecule has 7 heteroatoms. The smallest absolute Gasteiger partial charge is 0.325 e. The van der Waals surface area contributed by atoms with Gasteiger partial charge in [0.1, 0.15) is 6.54 Å². The van der Waals surface area contributed by atoms with Crippen LogP contribution in [0.2, 0.25) is 0 Å². The first kappa shape index (κ1) is 13.7. The van der Waals surface area contributed by atoms with Gasteiger partial charge in [-0.3, -0.25) is 19.9 Å². The number of benzene rings is 1. The maximum Gasteiger partial charge on any atom is 0.325 e. The van der Waals surface area contributed by atoms with E-state index in [4.69, 9.17) is 0 Å². The first-order valence-electron chi connectivity index (χ1n) is 5.83. The van der Waals surface area contributed by atoms with Crippen molar-refractivity contribution in [3.05, 3.63) is 40.7 Å². The van der Waals surface area contributed by atoms with Crippen LogP contribution in [0.4, 0.5) is 11.4 Å². The van der Waals surface area contributed by atoms with Gasteiger partial charge in [-0.1, -0.05) is 0 Å². The maximum absolute atomic E-state index is 11.3. The Balaban J connectivity index is 2.53. The Morgan fingerprint density at radius 1 is 1.40 bits per heavy atom. The van der Waals surface area contributed by atoms with Gasteiger partial charge in [-0.2, -0.15) is 0 Å². The highest BCUT2D eigenvalue weighted by Crippen LogP contribution is 2.32. The zero-order valence-corrected chi connectivity index (χ0v) is 11.1. The zero-order chi connectivity index (χ0) is 14.7. The van der Waals surface area contributed by atoms with Crippen molar-refractivity contribution >= 4 is 28.1 Å². The van der Waals surface area contributed by atoms with Gasteiger partial charge in [-0.25, -0.2) is 0 Å². The predicted molar refractivity (Wildman–Crippen MR) is 73.7 cm³/mol. The molecule has 0 atom stereocenters. The quantitative estimate of drug-likeness (QED) is 0.480. The summed E-state index contributed by atoms with van der Waals surface area (Å²) in [5.74, 6) is -0.381. The van der Waals surface area contributed by atoms with E-state index in [2.05, 4.69) is 9.72 Å². The molecule has 2 rings (SSSR count). The second kappa shape index (κ2) is 5.52. The van der Waals surface area contributed by atoms with Gasteiger partial charge in [-0.05, 0) is 12.1 Å². The normalized spacial score (nSPS) is 10.3. The molecule has 104 valence electrons. The van der Waals surface area contributed by atoms with Crippen molar-refractivity contribution in [3.63, 3.8) is 0 Å². The Morgan fingerprint density at radius 3 is 2.80 bits per heavy atom. The molecule has 0 saturated carbocycles. The highest BCUT2D eigenvalue weighted by atomic mass is 16.6. The summed E-state index contributed by atoms with van der Waals surface area (Å²) in [5, 5.41) is 12.1. The number of aromatic nitrogens is 1. The molecule has 0 aliphatic carbocycles. The third kappa shape index (κ3) is 2.51. The van der Waals surface area contributed by atoms with E-state index in [1.54, 1.807) is 30.3 Å². The summed E-state index contributed by atoms with van der Waals surface area (Å²) < 4.78 is 4.62. The fourth-order valence-electron chi connectivity index (χ4n) is 1.99.